The van der Waals surface area contributed by atoms with Gasteiger partial charge in [-0.2, -0.15) is 0 Å². The van der Waals surface area contributed by atoms with Crippen LogP contribution in [0.15, 0.2) is 24.3 Å². The van der Waals surface area contributed by atoms with Gasteiger partial charge in [0.2, 0.25) is 11.8 Å². The fraction of sp³-hybridized carbons (Fsp3) is 0.500. The molecule has 0 aliphatic carbocycles. The Hall–Kier alpha value is -1.95. The number of carbonyl (C=O) groups excluding carboxylic acids is 2. The highest BCUT2D eigenvalue weighted by Crippen LogP contribution is 2.28. The number of benzene rings is 1. The van der Waals surface area contributed by atoms with Crippen LogP contribution < -0.4 is 10.2 Å². The topological polar surface area (TPSA) is 52.7 Å². The first kappa shape index (κ1) is 15.0. The zero-order chi connectivity index (χ0) is 15.7. The van der Waals surface area contributed by atoms with Gasteiger partial charge in [-0.15, -0.1) is 0 Å². The average Bonchev–Trinajstić information content (AvgIpc) is 2.89. The number of amides is 2. The summed E-state index contributed by atoms with van der Waals surface area (Å²) in [5, 5.41) is 3.24. The molecule has 5 nitrogen and oxygen atoms in total. The van der Waals surface area contributed by atoms with Gasteiger partial charge in [-0.25, -0.2) is 4.39 Å². The normalized spacial score (nSPS) is 25.6. The van der Waals surface area contributed by atoms with Crippen LogP contribution in [0.3, 0.4) is 0 Å². The van der Waals surface area contributed by atoms with Gasteiger partial charge >= 0.3 is 0 Å². The Morgan fingerprint density at radius 1 is 1.36 bits per heavy atom. The van der Waals surface area contributed by atoms with Gasteiger partial charge in [-0.05, 0) is 19.1 Å². The van der Waals surface area contributed by atoms with Gasteiger partial charge in [-0.3, -0.25) is 9.59 Å². The molecule has 1 unspecified atom stereocenters. The SMILES string of the molecule is C[C@@H]1CNCCN1C(=O)C1CC(=O)N(c2ccccc2F)C1. The van der Waals surface area contributed by atoms with E-state index in [9.17, 15) is 14.0 Å². The second kappa shape index (κ2) is 6.04. The van der Waals surface area contributed by atoms with E-state index in [4.69, 9.17) is 0 Å². The van der Waals surface area contributed by atoms with E-state index in [-0.39, 0.29) is 42.4 Å². The van der Waals surface area contributed by atoms with E-state index in [0.29, 0.717) is 6.54 Å². The molecule has 2 aliphatic rings. The van der Waals surface area contributed by atoms with Crippen LogP contribution in [0.25, 0.3) is 0 Å². The first-order chi connectivity index (χ1) is 10.6. The van der Waals surface area contributed by atoms with E-state index in [1.54, 1.807) is 18.2 Å². The third-order valence-electron chi connectivity index (χ3n) is 4.40. The van der Waals surface area contributed by atoms with Gasteiger partial charge in [-0.1, -0.05) is 12.1 Å². The highest BCUT2D eigenvalue weighted by Gasteiger charge is 2.39. The van der Waals surface area contributed by atoms with Crippen molar-refractivity contribution in [2.75, 3.05) is 31.1 Å². The molecule has 6 heteroatoms. The quantitative estimate of drug-likeness (QED) is 0.887. The zero-order valence-electron chi connectivity index (χ0n) is 12.6. The molecule has 2 saturated heterocycles. The molecule has 0 aromatic heterocycles. The summed E-state index contributed by atoms with van der Waals surface area (Å²) in [5.74, 6) is -1.00. The van der Waals surface area contributed by atoms with E-state index in [2.05, 4.69) is 5.32 Å². The standard InChI is InChI=1S/C16H20FN3O2/c1-11-9-18-6-7-19(11)16(22)12-8-15(21)20(10-12)14-5-3-2-4-13(14)17/h2-5,11-12,18H,6-10H2,1H3/t11-,12?/m1/s1. The lowest BCUT2D eigenvalue weighted by Crippen LogP contribution is -2.54. The lowest BCUT2D eigenvalue weighted by molar-refractivity contribution is -0.138. The van der Waals surface area contributed by atoms with Crippen LogP contribution in [-0.2, 0) is 9.59 Å². The van der Waals surface area contributed by atoms with Gasteiger partial charge < -0.3 is 15.1 Å². The lowest BCUT2D eigenvalue weighted by atomic mass is 10.1. The second-order valence-corrected chi connectivity index (χ2v) is 5.94. The summed E-state index contributed by atoms with van der Waals surface area (Å²) in [4.78, 5) is 28.1. The summed E-state index contributed by atoms with van der Waals surface area (Å²) in [6.07, 6.45) is 0.157. The second-order valence-electron chi connectivity index (χ2n) is 5.94. The highest BCUT2D eigenvalue weighted by molar-refractivity contribution is 6.00. The Labute approximate surface area is 129 Å². The third-order valence-corrected chi connectivity index (χ3v) is 4.40. The van der Waals surface area contributed by atoms with Gasteiger partial charge in [0.05, 0.1) is 11.6 Å². The molecule has 0 bridgehead atoms. The number of nitrogens with zero attached hydrogens (tertiary/aromatic N) is 2. The number of anilines is 1. The molecule has 0 radical (unpaired) electrons. The minimum atomic E-state index is -0.431. The van der Waals surface area contributed by atoms with Crippen molar-refractivity contribution >= 4 is 17.5 Å². The van der Waals surface area contributed by atoms with Crippen molar-refractivity contribution in [1.29, 1.82) is 0 Å². The molecule has 0 saturated carbocycles. The van der Waals surface area contributed by atoms with Gasteiger partial charge in [0.15, 0.2) is 0 Å². The van der Waals surface area contributed by atoms with Crippen molar-refractivity contribution in [3.8, 4) is 0 Å². The first-order valence-corrected chi connectivity index (χ1v) is 7.64. The van der Waals surface area contributed by atoms with Crippen LogP contribution in [-0.4, -0.2) is 48.9 Å². The largest absolute Gasteiger partial charge is 0.337 e. The number of hydrogen-bond acceptors (Lipinski definition) is 3. The number of rotatable bonds is 2. The van der Waals surface area contributed by atoms with E-state index in [1.807, 2.05) is 11.8 Å². The predicted molar refractivity (Wildman–Crippen MR) is 80.9 cm³/mol. The number of hydrogen-bond donors (Lipinski definition) is 1. The number of carbonyl (C=O) groups is 2. The smallest absolute Gasteiger partial charge is 0.228 e. The maximum absolute atomic E-state index is 13.9. The summed E-state index contributed by atoms with van der Waals surface area (Å²) < 4.78 is 13.9. The number of nitrogens with one attached hydrogen (secondary N) is 1. The van der Waals surface area contributed by atoms with E-state index in [1.165, 1.54) is 11.0 Å². The molecule has 2 amide bonds. The van der Waals surface area contributed by atoms with Crippen molar-refractivity contribution in [1.82, 2.24) is 10.2 Å². The van der Waals surface area contributed by atoms with Crippen LogP contribution >= 0.6 is 0 Å². The summed E-state index contributed by atoms with van der Waals surface area (Å²) >= 11 is 0. The minimum Gasteiger partial charge on any atom is -0.337 e. The molecule has 0 spiro atoms. The van der Waals surface area contributed by atoms with E-state index < -0.39 is 5.82 Å². The van der Waals surface area contributed by atoms with Gasteiger partial charge in [0.1, 0.15) is 5.82 Å². The monoisotopic (exact) mass is 305 g/mol. The maximum Gasteiger partial charge on any atom is 0.228 e. The molecule has 22 heavy (non-hydrogen) atoms. The van der Waals surface area contributed by atoms with Crippen LogP contribution in [0.2, 0.25) is 0 Å². The highest BCUT2D eigenvalue weighted by atomic mass is 19.1. The fourth-order valence-corrected chi connectivity index (χ4v) is 3.18. The molecule has 1 aromatic rings. The Kier molecular flexibility index (Phi) is 4.11. The summed E-state index contributed by atoms with van der Waals surface area (Å²) in [6.45, 7) is 4.45. The number of para-hydroxylation sites is 1. The molecule has 1 aromatic carbocycles. The third kappa shape index (κ3) is 2.70. The van der Waals surface area contributed by atoms with Gasteiger partial charge in [0, 0.05) is 38.6 Å². The molecule has 2 fully saturated rings. The van der Waals surface area contributed by atoms with Crippen LogP contribution in [0, 0.1) is 11.7 Å². The Bertz CT molecular complexity index is 593. The molecule has 2 heterocycles. The molecule has 2 aliphatic heterocycles. The van der Waals surface area contributed by atoms with Crippen molar-refractivity contribution in [3.05, 3.63) is 30.1 Å². The Balaban J connectivity index is 1.74. The Morgan fingerprint density at radius 2 is 2.14 bits per heavy atom. The molecule has 1 N–H and O–H groups in total. The molecule has 118 valence electrons. The first-order valence-electron chi connectivity index (χ1n) is 7.64. The summed E-state index contributed by atoms with van der Waals surface area (Å²) in [6, 6.07) is 6.31. The zero-order valence-corrected chi connectivity index (χ0v) is 12.6. The van der Waals surface area contributed by atoms with Gasteiger partial charge in [0.25, 0.3) is 0 Å². The molecular formula is C16H20FN3O2. The van der Waals surface area contributed by atoms with Crippen molar-refractivity contribution in [2.24, 2.45) is 5.92 Å². The number of halogens is 1. The summed E-state index contributed by atoms with van der Waals surface area (Å²) in [5.41, 5.74) is 0.260. The van der Waals surface area contributed by atoms with E-state index in [0.717, 1.165) is 13.1 Å². The minimum absolute atomic E-state index is 0.00110. The molecule has 3 rings (SSSR count). The molecular weight excluding hydrogens is 285 g/mol. The van der Waals surface area contributed by atoms with Crippen LogP contribution in [0.1, 0.15) is 13.3 Å². The summed E-state index contributed by atoms with van der Waals surface area (Å²) in [7, 11) is 0. The fourth-order valence-electron chi connectivity index (χ4n) is 3.18. The van der Waals surface area contributed by atoms with Crippen LogP contribution in [0.5, 0.6) is 0 Å². The van der Waals surface area contributed by atoms with Crippen LogP contribution in [0.4, 0.5) is 10.1 Å². The van der Waals surface area contributed by atoms with Crippen molar-refractivity contribution in [2.45, 2.75) is 19.4 Å². The molecule has 2 atom stereocenters. The maximum atomic E-state index is 13.9. The average molecular weight is 305 g/mol. The van der Waals surface area contributed by atoms with Crippen molar-refractivity contribution in [3.63, 3.8) is 0 Å². The number of piperazine rings is 1. The van der Waals surface area contributed by atoms with Crippen molar-refractivity contribution < 1.29 is 14.0 Å². The van der Waals surface area contributed by atoms with E-state index >= 15 is 0 Å². The lowest BCUT2D eigenvalue weighted by Gasteiger charge is -2.35. The predicted octanol–water partition coefficient (Wildman–Crippen LogP) is 0.999. The Morgan fingerprint density at radius 3 is 2.86 bits per heavy atom.